The molecule has 2 aliphatic rings. The van der Waals surface area contributed by atoms with E-state index in [0.29, 0.717) is 18.9 Å². The van der Waals surface area contributed by atoms with Crippen molar-refractivity contribution in [3.05, 3.63) is 0 Å². The third kappa shape index (κ3) is 3.03. The van der Waals surface area contributed by atoms with Gasteiger partial charge in [0.2, 0.25) is 5.91 Å². The Morgan fingerprint density at radius 3 is 2.06 bits per heavy atom. The van der Waals surface area contributed by atoms with E-state index in [1.165, 1.54) is 0 Å². The molecule has 0 bridgehead atoms. The second kappa shape index (κ2) is 5.72. The first-order chi connectivity index (χ1) is 8.63. The maximum absolute atomic E-state index is 12.4. The van der Waals surface area contributed by atoms with Gasteiger partial charge in [0.05, 0.1) is 5.92 Å². The normalized spacial score (nSPS) is 27.8. The third-order valence-corrected chi connectivity index (χ3v) is 4.16. The van der Waals surface area contributed by atoms with Crippen LogP contribution in [0.2, 0.25) is 0 Å². The maximum Gasteiger partial charge on any atom is 0.306 e. The van der Waals surface area contributed by atoms with Crippen LogP contribution in [0, 0.1) is 11.8 Å². The maximum atomic E-state index is 12.4. The number of hydrogen-bond donors (Lipinski definition) is 1. The predicted molar refractivity (Wildman–Crippen MR) is 68.1 cm³/mol. The molecule has 0 saturated heterocycles. The number of nitrogens with zero attached hydrogens (tertiary/aromatic N) is 1. The number of aliphatic carboxylic acids is 1. The molecule has 0 aromatic carbocycles. The summed E-state index contributed by atoms with van der Waals surface area (Å²) in [5.41, 5.74) is 0. The molecule has 0 unspecified atom stereocenters. The van der Waals surface area contributed by atoms with Crippen molar-refractivity contribution in [3.8, 4) is 0 Å². The van der Waals surface area contributed by atoms with Crippen molar-refractivity contribution in [1.82, 2.24) is 4.90 Å². The molecule has 1 amide bonds. The number of rotatable bonds is 5. The van der Waals surface area contributed by atoms with Crippen LogP contribution < -0.4 is 0 Å². The van der Waals surface area contributed by atoms with Crippen LogP contribution in [-0.2, 0) is 9.59 Å². The minimum Gasteiger partial charge on any atom is -0.481 e. The first-order valence-electron chi connectivity index (χ1n) is 7.16. The largest absolute Gasteiger partial charge is 0.481 e. The number of carboxylic acids is 1. The number of carbonyl (C=O) groups excluding carboxylic acids is 1. The molecule has 0 radical (unpaired) electrons. The van der Waals surface area contributed by atoms with Crippen molar-refractivity contribution in [2.24, 2.45) is 11.8 Å². The lowest BCUT2D eigenvalue weighted by Gasteiger charge is -2.31. The Kier molecular flexibility index (Phi) is 4.25. The van der Waals surface area contributed by atoms with Crippen molar-refractivity contribution < 1.29 is 14.7 Å². The molecule has 2 fully saturated rings. The molecule has 0 heterocycles. The zero-order valence-corrected chi connectivity index (χ0v) is 11.1. The van der Waals surface area contributed by atoms with Gasteiger partial charge in [0.1, 0.15) is 0 Å². The Hall–Kier alpha value is -1.06. The van der Waals surface area contributed by atoms with E-state index in [1.807, 2.05) is 4.90 Å². The summed E-state index contributed by atoms with van der Waals surface area (Å²) in [6.45, 7) is 2.96. The zero-order valence-electron chi connectivity index (χ0n) is 11.1. The smallest absolute Gasteiger partial charge is 0.306 e. The van der Waals surface area contributed by atoms with Crippen LogP contribution in [0.3, 0.4) is 0 Å². The van der Waals surface area contributed by atoms with Gasteiger partial charge in [0, 0.05) is 18.5 Å². The molecule has 2 saturated carbocycles. The summed E-state index contributed by atoms with van der Waals surface area (Å²) in [6.07, 6.45) is 6.14. The third-order valence-electron chi connectivity index (χ3n) is 4.16. The van der Waals surface area contributed by atoms with E-state index >= 15 is 0 Å². The van der Waals surface area contributed by atoms with Crippen LogP contribution in [0.4, 0.5) is 0 Å². The van der Waals surface area contributed by atoms with Gasteiger partial charge in [-0.3, -0.25) is 9.59 Å². The molecule has 4 heteroatoms. The number of amides is 1. The summed E-state index contributed by atoms with van der Waals surface area (Å²) in [5, 5.41) is 8.96. The van der Waals surface area contributed by atoms with E-state index in [-0.39, 0.29) is 17.7 Å². The summed E-state index contributed by atoms with van der Waals surface area (Å²) in [7, 11) is 0. The fourth-order valence-corrected chi connectivity index (χ4v) is 2.92. The van der Waals surface area contributed by atoms with Crippen molar-refractivity contribution in [3.63, 3.8) is 0 Å². The first kappa shape index (κ1) is 13.4. The fourth-order valence-electron chi connectivity index (χ4n) is 2.92. The predicted octanol–water partition coefficient (Wildman–Crippen LogP) is 2.28. The van der Waals surface area contributed by atoms with E-state index in [2.05, 4.69) is 6.92 Å². The highest BCUT2D eigenvalue weighted by Crippen LogP contribution is 2.34. The lowest BCUT2D eigenvalue weighted by atomic mass is 9.81. The molecule has 2 rings (SSSR count). The summed E-state index contributed by atoms with van der Waals surface area (Å²) in [6, 6.07) is 0.481. The van der Waals surface area contributed by atoms with Gasteiger partial charge in [-0.15, -0.1) is 0 Å². The van der Waals surface area contributed by atoms with Crippen LogP contribution in [0.25, 0.3) is 0 Å². The summed E-state index contributed by atoms with van der Waals surface area (Å²) in [4.78, 5) is 25.4. The van der Waals surface area contributed by atoms with Crippen LogP contribution in [0.15, 0.2) is 0 Å². The summed E-state index contributed by atoms with van der Waals surface area (Å²) in [5.74, 6) is -0.570. The lowest BCUT2D eigenvalue weighted by Crippen LogP contribution is -2.40. The molecule has 4 nitrogen and oxygen atoms in total. The highest BCUT2D eigenvalue weighted by Gasteiger charge is 2.37. The molecule has 0 spiro atoms. The van der Waals surface area contributed by atoms with E-state index in [1.54, 1.807) is 0 Å². The van der Waals surface area contributed by atoms with Gasteiger partial charge in [-0.1, -0.05) is 6.92 Å². The molecular formula is C14H23NO3. The second-order valence-electron chi connectivity index (χ2n) is 5.65. The number of hydrogen-bond acceptors (Lipinski definition) is 2. The van der Waals surface area contributed by atoms with Crippen molar-refractivity contribution in [2.45, 2.75) is 57.9 Å². The second-order valence-corrected chi connectivity index (χ2v) is 5.65. The first-order valence-corrected chi connectivity index (χ1v) is 7.16. The molecular weight excluding hydrogens is 230 g/mol. The molecule has 1 N–H and O–H groups in total. The van der Waals surface area contributed by atoms with Crippen LogP contribution in [-0.4, -0.2) is 34.5 Å². The molecule has 2 aliphatic carbocycles. The highest BCUT2D eigenvalue weighted by molar-refractivity contribution is 5.80. The molecule has 0 aromatic rings. The average Bonchev–Trinajstić information content (AvgIpc) is 3.19. The topological polar surface area (TPSA) is 57.6 Å². The Morgan fingerprint density at radius 2 is 1.61 bits per heavy atom. The Morgan fingerprint density at radius 1 is 1.06 bits per heavy atom. The van der Waals surface area contributed by atoms with Gasteiger partial charge in [0.15, 0.2) is 0 Å². The van der Waals surface area contributed by atoms with Crippen LogP contribution in [0.1, 0.15) is 51.9 Å². The monoisotopic (exact) mass is 253 g/mol. The standard InChI is InChI=1S/C14H23NO3/c1-2-9-15(12-7-8-12)13(16)10-3-5-11(6-4-10)14(17)18/h10-12H,2-9H2,1H3,(H,17,18). The van der Waals surface area contributed by atoms with Gasteiger partial charge in [-0.25, -0.2) is 0 Å². The van der Waals surface area contributed by atoms with Gasteiger partial charge in [-0.05, 0) is 44.9 Å². The molecule has 18 heavy (non-hydrogen) atoms. The molecule has 0 aliphatic heterocycles. The average molecular weight is 253 g/mol. The van der Waals surface area contributed by atoms with E-state index in [4.69, 9.17) is 5.11 Å². The van der Waals surface area contributed by atoms with Gasteiger partial charge in [0.25, 0.3) is 0 Å². The molecule has 0 aromatic heterocycles. The van der Waals surface area contributed by atoms with Crippen LogP contribution in [0.5, 0.6) is 0 Å². The lowest BCUT2D eigenvalue weighted by molar-refractivity contribution is -0.145. The minimum atomic E-state index is -0.700. The Balaban J connectivity index is 1.87. The quantitative estimate of drug-likeness (QED) is 0.817. The SMILES string of the molecule is CCCN(C(=O)C1CCC(C(=O)O)CC1)C1CC1. The highest BCUT2D eigenvalue weighted by atomic mass is 16.4. The fraction of sp³-hybridized carbons (Fsp3) is 0.857. The van der Waals surface area contributed by atoms with Gasteiger partial charge in [-0.2, -0.15) is 0 Å². The summed E-state index contributed by atoms with van der Waals surface area (Å²) < 4.78 is 0. The van der Waals surface area contributed by atoms with Gasteiger partial charge < -0.3 is 10.0 Å². The minimum absolute atomic E-state index is 0.0766. The molecule has 102 valence electrons. The van der Waals surface area contributed by atoms with Crippen molar-refractivity contribution in [1.29, 1.82) is 0 Å². The van der Waals surface area contributed by atoms with E-state index in [9.17, 15) is 9.59 Å². The summed E-state index contributed by atoms with van der Waals surface area (Å²) >= 11 is 0. The van der Waals surface area contributed by atoms with Gasteiger partial charge >= 0.3 is 5.97 Å². The van der Waals surface area contributed by atoms with Crippen molar-refractivity contribution >= 4 is 11.9 Å². The number of carbonyl (C=O) groups is 2. The Bertz CT molecular complexity index is 317. The van der Waals surface area contributed by atoms with Crippen molar-refractivity contribution in [2.75, 3.05) is 6.54 Å². The Labute approximate surface area is 108 Å². The number of carboxylic acid groups (broad SMARTS) is 1. The molecule has 0 atom stereocenters. The zero-order chi connectivity index (χ0) is 13.1. The van der Waals surface area contributed by atoms with Crippen LogP contribution >= 0.6 is 0 Å². The van der Waals surface area contributed by atoms with E-state index < -0.39 is 5.97 Å². The van der Waals surface area contributed by atoms with E-state index in [0.717, 1.165) is 38.6 Å².